The average Bonchev–Trinajstić information content (AvgIpc) is 2.58. The van der Waals surface area contributed by atoms with Gasteiger partial charge >= 0.3 is 0 Å². The van der Waals surface area contributed by atoms with Gasteiger partial charge in [0.15, 0.2) is 5.75 Å². The van der Waals surface area contributed by atoms with Crippen molar-refractivity contribution in [3.05, 3.63) is 34.3 Å². The van der Waals surface area contributed by atoms with Crippen LogP contribution in [0.3, 0.4) is 0 Å². The van der Waals surface area contributed by atoms with Crippen molar-refractivity contribution in [1.29, 1.82) is 0 Å². The number of carbonyl (C=O) groups excluding carboxylic acids is 2. The summed E-state index contributed by atoms with van der Waals surface area (Å²) >= 11 is 11.9. The Labute approximate surface area is 107 Å². The van der Waals surface area contributed by atoms with Crippen LogP contribution in [0, 0.1) is 0 Å². The molecule has 1 aromatic rings. The van der Waals surface area contributed by atoms with Gasteiger partial charge in [0.2, 0.25) is 0 Å². The Balaban J connectivity index is 2.48. The van der Waals surface area contributed by atoms with Gasteiger partial charge in [-0.25, -0.2) is 4.90 Å². The fourth-order valence-electron chi connectivity index (χ4n) is 1.53. The summed E-state index contributed by atoms with van der Waals surface area (Å²) < 4.78 is 4.98. The summed E-state index contributed by atoms with van der Waals surface area (Å²) in [6.07, 6.45) is 2.38. The van der Waals surface area contributed by atoms with Gasteiger partial charge in [-0.05, 0) is 12.1 Å². The Kier molecular flexibility index (Phi) is 3.09. The number of carbonyl (C=O) groups is 2. The second kappa shape index (κ2) is 4.39. The van der Waals surface area contributed by atoms with Crippen molar-refractivity contribution in [1.82, 2.24) is 0 Å². The number of halogens is 2. The predicted octanol–water partition coefficient (Wildman–Crippen LogP) is 2.43. The molecule has 0 saturated heterocycles. The zero-order chi connectivity index (χ0) is 12.6. The van der Waals surface area contributed by atoms with Crippen LogP contribution in [-0.4, -0.2) is 18.9 Å². The number of rotatable bonds is 2. The Bertz CT molecular complexity index is 499. The van der Waals surface area contributed by atoms with E-state index in [1.165, 1.54) is 31.4 Å². The number of hydrogen-bond acceptors (Lipinski definition) is 3. The van der Waals surface area contributed by atoms with E-state index < -0.39 is 11.8 Å². The first-order valence-electron chi connectivity index (χ1n) is 4.63. The first-order chi connectivity index (χ1) is 8.04. The molecule has 6 heteroatoms. The molecule has 1 aliphatic rings. The molecular formula is C11H7Cl2NO3. The van der Waals surface area contributed by atoms with Crippen LogP contribution < -0.4 is 9.64 Å². The summed E-state index contributed by atoms with van der Waals surface area (Å²) in [6.45, 7) is 0. The van der Waals surface area contributed by atoms with E-state index in [0.717, 1.165) is 4.90 Å². The van der Waals surface area contributed by atoms with Crippen molar-refractivity contribution in [2.75, 3.05) is 12.0 Å². The molecule has 0 atom stereocenters. The van der Waals surface area contributed by atoms with Crippen LogP contribution in [0.25, 0.3) is 0 Å². The Morgan fingerprint density at radius 2 is 1.53 bits per heavy atom. The number of imide groups is 1. The number of ether oxygens (including phenoxy) is 1. The Morgan fingerprint density at radius 3 is 1.94 bits per heavy atom. The van der Waals surface area contributed by atoms with Crippen molar-refractivity contribution >= 4 is 40.7 Å². The van der Waals surface area contributed by atoms with Crippen molar-refractivity contribution in [2.45, 2.75) is 0 Å². The smallest absolute Gasteiger partial charge is 0.258 e. The van der Waals surface area contributed by atoms with E-state index in [-0.39, 0.29) is 10.0 Å². The van der Waals surface area contributed by atoms with Crippen molar-refractivity contribution in [3.63, 3.8) is 0 Å². The fourth-order valence-corrected chi connectivity index (χ4v) is 2.16. The number of nitrogens with zero attached hydrogens (tertiary/aromatic N) is 1. The minimum absolute atomic E-state index is 0.238. The monoisotopic (exact) mass is 271 g/mol. The second-order valence-electron chi connectivity index (χ2n) is 3.29. The number of amides is 2. The molecule has 0 radical (unpaired) electrons. The van der Waals surface area contributed by atoms with Crippen molar-refractivity contribution in [3.8, 4) is 5.75 Å². The minimum Gasteiger partial charge on any atom is -0.494 e. The number of benzene rings is 1. The summed E-state index contributed by atoms with van der Waals surface area (Å²) in [7, 11) is 1.43. The molecule has 0 N–H and O–H groups in total. The van der Waals surface area contributed by atoms with Gasteiger partial charge in [0, 0.05) is 12.2 Å². The third kappa shape index (κ3) is 2.01. The molecule has 0 aliphatic carbocycles. The molecule has 0 fully saturated rings. The van der Waals surface area contributed by atoms with Crippen LogP contribution in [0.4, 0.5) is 5.69 Å². The molecule has 88 valence electrons. The summed E-state index contributed by atoms with van der Waals surface area (Å²) in [4.78, 5) is 23.9. The quantitative estimate of drug-likeness (QED) is 0.777. The zero-order valence-corrected chi connectivity index (χ0v) is 10.2. The first kappa shape index (κ1) is 12.0. The van der Waals surface area contributed by atoms with E-state index in [1.807, 2.05) is 0 Å². The zero-order valence-electron chi connectivity index (χ0n) is 8.74. The third-order valence-electron chi connectivity index (χ3n) is 2.25. The molecule has 17 heavy (non-hydrogen) atoms. The average molecular weight is 272 g/mol. The highest BCUT2D eigenvalue weighted by Gasteiger charge is 2.26. The topological polar surface area (TPSA) is 46.6 Å². The molecule has 2 rings (SSSR count). The maximum Gasteiger partial charge on any atom is 0.258 e. The lowest BCUT2D eigenvalue weighted by Gasteiger charge is -2.16. The van der Waals surface area contributed by atoms with Crippen molar-refractivity contribution in [2.24, 2.45) is 0 Å². The lowest BCUT2D eigenvalue weighted by molar-refractivity contribution is -0.119. The molecule has 0 unspecified atom stereocenters. The molecule has 2 amide bonds. The summed E-state index contributed by atoms with van der Waals surface area (Å²) in [6, 6.07) is 2.91. The molecular weight excluding hydrogens is 265 g/mol. The second-order valence-corrected chi connectivity index (χ2v) is 4.10. The van der Waals surface area contributed by atoms with Crippen LogP contribution in [0.5, 0.6) is 5.75 Å². The lowest BCUT2D eigenvalue weighted by Crippen LogP contribution is -2.29. The molecule has 4 nitrogen and oxygen atoms in total. The normalized spacial score (nSPS) is 14.6. The largest absolute Gasteiger partial charge is 0.494 e. The highest BCUT2D eigenvalue weighted by atomic mass is 35.5. The minimum atomic E-state index is -0.424. The van der Waals surface area contributed by atoms with Gasteiger partial charge in [0.05, 0.1) is 22.8 Å². The van der Waals surface area contributed by atoms with Gasteiger partial charge in [0.1, 0.15) is 0 Å². The van der Waals surface area contributed by atoms with Crippen LogP contribution >= 0.6 is 23.2 Å². The molecule has 0 bridgehead atoms. The van der Waals surface area contributed by atoms with Gasteiger partial charge in [-0.1, -0.05) is 23.2 Å². The van der Waals surface area contributed by atoms with Gasteiger partial charge in [0.25, 0.3) is 11.8 Å². The predicted molar refractivity (Wildman–Crippen MR) is 64.6 cm³/mol. The summed E-state index contributed by atoms with van der Waals surface area (Å²) in [5.41, 5.74) is 0.320. The Morgan fingerprint density at radius 1 is 1.06 bits per heavy atom. The number of hydrogen-bond donors (Lipinski definition) is 0. The van der Waals surface area contributed by atoms with E-state index >= 15 is 0 Å². The fraction of sp³-hybridized carbons (Fsp3) is 0.0909. The van der Waals surface area contributed by atoms with Gasteiger partial charge in [-0.3, -0.25) is 9.59 Å². The molecule has 1 heterocycles. The summed E-state index contributed by atoms with van der Waals surface area (Å²) in [5.74, 6) is -0.538. The molecule has 0 saturated carbocycles. The van der Waals surface area contributed by atoms with Gasteiger partial charge in [-0.15, -0.1) is 0 Å². The van der Waals surface area contributed by atoms with E-state index in [2.05, 4.69) is 0 Å². The third-order valence-corrected chi connectivity index (χ3v) is 2.82. The van der Waals surface area contributed by atoms with Crippen LogP contribution in [0.2, 0.25) is 10.0 Å². The Hall–Kier alpha value is -1.52. The van der Waals surface area contributed by atoms with Crippen LogP contribution in [0.1, 0.15) is 0 Å². The first-order valence-corrected chi connectivity index (χ1v) is 5.39. The summed E-state index contributed by atoms with van der Waals surface area (Å²) in [5, 5.41) is 0.477. The van der Waals surface area contributed by atoms with Crippen LogP contribution in [-0.2, 0) is 9.59 Å². The lowest BCUT2D eigenvalue weighted by atomic mass is 10.2. The number of methoxy groups -OCH3 is 1. The van der Waals surface area contributed by atoms with Gasteiger partial charge in [-0.2, -0.15) is 0 Å². The number of anilines is 1. The maximum absolute atomic E-state index is 11.5. The SMILES string of the molecule is COc1c(Cl)cc(N2C(=O)C=CC2=O)cc1Cl. The van der Waals surface area contributed by atoms with E-state index in [0.29, 0.717) is 11.4 Å². The van der Waals surface area contributed by atoms with E-state index in [9.17, 15) is 9.59 Å². The molecule has 1 aliphatic heterocycles. The molecule has 0 aromatic heterocycles. The standard InChI is InChI=1S/C11H7Cl2NO3/c1-17-11-7(12)4-6(5-8(11)13)14-9(15)2-3-10(14)16/h2-5H,1H3. The van der Waals surface area contributed by atoms with Crippen molar-refractivity contribution < 1.29 is 14.3 Å². The van der Waals surface area contributed by atoms with Crippen LogP contribution in [0.15, 0.2) is 24.3 Å². The highest BCUT2D eigenvalue weighted by Crippen LogP contribution is 2.37. The van der Waals surface area contributed by atoms with Gasteiger partial charge < -0.3 is 4.74 Å². The molecule has 1 aromatic carbocycles. The van der Waals surface area contributed by atoms with E-state index in [4.69, 9.17) is 27.9 Å². The molecule has 0 spiro atoms. The maximum atomic E-state index is 11.5. The van der Waals surface area contributed by atoms with E-state index in [1.54, 1.807) is 0 Å². The highest BCUT2D eigenvalue weighted by molar-refractivity contribution is 6.38.